The normalized spacial score (nSPS) is 15.7. The van der Waals surface area contributed by atoms with Crippen LogP contribution in [0.2, 0.25) is 0 Å². The van der Waals surface area contributed by atoms with E-state index in [4.69, 9.17) is 0 Å². The Morgan fingerprint density at radius 2 is 1.95 bits per heavy atom. The summed E-state index contributed by atoms with van der Waals surface area (Å²) in [6.45, 7) is 1.87. The van der Waals surface area contributed by atoms with Gasteiger partial charge >= 0.3 is 0 Å². The van der Waals surface area contributed by atoms with E-state index in [9.17, 15) is 9.18 Å². The van der Waals surface area contributed by atoms with E-state index in [0.717, 1.165) is 31.6 Å². The number of amides is 1. The molecule has 2 aromatic rings. The highest BCUT2D eigenvalue weighted by molar-refractivity contribution is 5.92. The van der Waals surface area contributed by atoms with Gasteiger partial charge in [0.25, 0.3) is 5.91 Å². The molecule has 0 aliphatic carbocycles. The number of hydrogen-bond acceptors (Lipinski definition) is 3. The molecule has 1 aromatic carbocycles. The van der Waals surface area contributed by atoms with E-state index in [-0.39, 0.29) is 17.8 Å². The molecule has 5 nitrogen and oxygen atoms in total. The van der Waals surface area contributed by atoms with Crippen LogP contribution in [0.1, 0.15) is 23.3 Å². The van der Waals surface area contributed by atoms with Crippen molar-refractivity contribution in [2.75, 3.05) is 20.1 Å². The predicted molar refractivity (Wildman–Crippen MR) is 81.5 cm³/mol. The Morgan fingerprint density at radius 3 is 2.64 bits per heavy atom. The number of piperidine rings is 1. The minimum absolute atomic E-state index is 0.0761. The first kappa shape index (κ1) is 14.7. The van der Waals surface area contributed by atoms with Crippen LogP contribution < -0.4 is 5.32 Å². The first-order valence-electron chi connectivity index (χ1n) is 7.44. The molecule has 1 N–H and O–H groups in total. The number of nitrogens with zero attached hydrogens (tertiary/aromatic N) is 3. The van der Waals surface area contributed by atoms with Crippen molar-refractivity contribution in [3.05, 3.63) is 48.0 Å². The van der Waals surface area contributed by atoms with Gasteiger partial charge in [-0.15, -0.1) is 0 Å². The summed E-state index contributed by atoms with van der Waals surface area (Å²) in [5.74, 6) is -0.370. The Hall–Kier alpha value is -2.21. The summed E-state index contributed by atoms with van der Waals surface area (Å²) in [4.78, 5) is 14.3. The molecular weight excluding hydrogens is 283 g/mol. The van der Waals surface area contributed by atoms with Gasteiger partial charge in [0, 0.05) is 19.3 Å². The number of halogens is 1. The second-order valence-corrected chi connectivity index (χ2v) is 5.52. The molecule has 1 aromatic heterocycles. The fourth-order valence-electron chi connectivity index (χ4n) is 2.72. The molecule has 22 heavy (non-hydrogen) atoms. The molecule has 1 fully saturated rings. The monoisotopic (exact) mass is 302 g/mol. The van der Waals surface area contributed by atoms with Gasteiger partial charge in [-0.05, 0) is 56.3 Å². The first-order valence-corrected chi connectivity index (χ1v) is 7.44. The number of aromatic nitrogens is 2. The fourth-order valence-corrected chi connectivity index (χ4v) is 2.72. The highest BCUT2D eigenvalue weighted by Crippen LogP contribution is 2.14. The van der Waals surface area contributed by atoms with E-state index >= 15 is 0 Å². The molecule has 1 aliphatic heterocycles. The quantitative estimate of drug-likeness (QED) is 0.941. The summed E-state index contributed by atoms with van der Waals surface area (Å²) in [6.07, 6.45) is 3.64. The van der Waals surface area contributed by atoms with Crippen LogP contribution in [0.25, 0.3) is 5.69 Å². The maximum Gasteiger partial charge on any atom is 0.274 e. The largest absolute Gasteiger partial charge is 0.337 e. The van der Waals surface area contributed by atoms with E-state index < -0.39 is 0 Å². The molecule has 1 aliphatic rings. The molecule has 3 rings (SSSR count). The van der Waals surface area contributed by atoms with Gasteiger partial charge < -0.3 is 10.2 Å². The maximum atomic E-state index is 13.0. The molecule has 0 bridgehead atoms. The van der Waals surface area contributed by atoms with E-state index in [1.807, 2.05) is 7.05 Å². The lowest BCUT2D eigenvalue weighted by atomic mass is 10.1. The molecule has 0 unspecified atom stereocenters. The lowest BCUT2D eigenvalue weighted by Crippen LogP contribution is -2.44. The third kappa shape index (κ3) is 3.01. The lowest BCUT2D eigenvalue weighted by molar-refractivity contribution is 0.0697. The van der Waals surface area contributed by atoms with Crippen molar-refractivity contribution in [2.45, 2.75) is 18.9 Å². The molecule has 116 valence electrons. The van der Waals surface area contributed by atoms with E-state index in [1.54, 1.807) is 34.0 Å². The smallest absolute Gasteiger partial charge is 0.274 e. The van der Waals surface area contributed by atoms with Gasteiger partial charge in [-0.2, -0.15) is 5.10 Å². The molecular formula is C16H19FN4O. The summed E-state index contributed by atoms with van der Waals surface area (Å²) in [5, 5.41) is 7.60. The number of benzene rings is 1. The second kappa shape index (κ2) is 6.27. The van der Waals surface area contributed by atoms with Crippen molar-refractivity contribution in [1.29, 1.82) is 0 Å². The van der Waals surface area contributed by atoms with Gasteiger partial charge in [0.1, 0.15) is 5.82 Å². The first-order chi connectivity index (χ1) is 10.6. The Labute approximate surface area is 128 Å². The highest BCUT2D eigenvalue weighted by atomic mass is 19.1. The summed E-state index contributed by atoms with van der Waals surface area (Å²) in [6, 6.07) is 7.97. The zero-order chi connectivity index (χ0) is 15.5. The highest BCUT2D eigenvalue weighted by Gasteiger charge is 2.24. The van der Waals surface area contributed by atoms with Gasteiger partial charge in [-0.3, -0.25) is 4.79 Å². The van der Waals surface area contributed by atoms with Crippen LogP contribution in [-0.4, -0.2) is 46.8 Å². The molecule has 0 saturated carbocycles. The summed E-state index contributed by atoms with van der Waals surface area (Å²) < 4.78 is 14.5. The Morgan fingerprint density at radius 1 is 1.27 bits per heavy atom. The van der Waals surface area contributed by atoms with E-state index in [0.29, 0.717) is 5.69 Å². The van der Waals surface area contributed by atoms with Crippen molar-refractivity contribution in [3.63, 3.8) is 0 Å². The zero-order valence-electron chi connectivity index (χ0n) is 12.5. The minimum Gasteiger partial charge on any atom is -0.337 e. The van der Waals surface area contributed by atoms with E-state index in [2.05, 4.69) is 10.4 Å². The van der Waals surface area contributed by atoms with Crippen molar-refractivity contribution in [1.82, 2.24) is 20.0 Å². The molecule has 0 spiro atoms. The zero-order valence-corrected chi connectivity index (χ0v) is 12.5. The molecule has 6 heteroatoms. The summed E-state index contributed by atoms with van der Waals surface area (Å²) in [5.41, 5.74) is 1.13. The van der Waals surface area contributed by atoms with Crippen LogP contribution in [0, 0.1) is 5.82 Å². The summed E-state index contributed by atoms with van der Waals surface area (Å²) in [7, 11) is 1.83. The third-order valence-corrected chi connectivity index (χ3v) is 4.08. The third-order valence-electron chi connectivity index (χ3n) is 4.08. The SMILES string of the molecule is CN(C(=O)c1ccn(-c2ccc(F)cc2)n1)C1CCNCC1. The number of nitrogens with one attached hydrogen (secondary N) is 1. The van der Waals surface area contributed by atoms with Crippen LogP contribution >= 0.6 is 0 Å². The average molecular weight is 302 g/mol. The van der Waals surface area contributed by atoms with E-state index in [1.165, 1.54) is 12.1 Å². The van der Waals surface area contributed by atoms with Crippen LogP contribution in [0.4, 0.5) is 4.39 Å². The van der Waals surface area contributed by atoms with Gasteiger partial charge in [0.05, 0.1) is 5.69 Å². The molecule has 0 radical (unpaired) electrons. The molecule has 1 saturated heterocycles. The predicted octanol–water partition coefficient (Wildman–Crippen LogP) is 1.84. The number of hydrogen-bond donors (Lipinski definition) is 1. The van der Waals surface area contributed by atoms with Crippen molar-refractivity contribution in [3.8, 4) is 5.69 Å². The standard InChI is InChI=1S/C16H19FN4O/c1-20(13-6-9-18-10-7-13)16(22)15-8-11-21(19-15)14-4-2-12(17)3-5-14/h2-5,8,11,13,18H,6-7,9-10H2,1H3. The van der Waals surface area contributed by atoms with Gasteiger partial charge in [-0.25, -0.2) is 9.07 Å². The summed E-state index contributed by atoms with van der Waals surface area (Å²) >= 11 is 0. The van der Waals surface area contributed by atoms with Gasteiger partial charge in [-0.1, -0.05) is 0 Å². The van der Waals surface area contributed by atoms with Crippen LogP contribution in [0.5, 0.6) is 0 Å². The Balaban J connectivity index is 1.75. The van der Waals surface area contributed by atoms with Gasteiger partial charge in [0.15, 0.2) is 5.69 Å². The van der Waals surface area contributed by atoms with Crippen LogP contribution in [-0.2, 0) is 0 Å². The number of carbonyl (C=O) groups excluding carboxylic acids is 1. The van der Waals surface area contributed by atoms with Crippen molar-refractivity contribution >= 4 is 5.91 Å². The molecule has 0 atom stereocenters. The van der Waals surface area contributed by atoms with Crippen molar-refractivity contribution in [2.24, 2.45) is 0 Å². The van der Waals surface area contributed by atoms with Gasteiger partial charge in [0.2, 0.25) is 0 Å². The minimum atomic E-state index is -0.294. The maximum absolute atomic E-state index is 13.0. The van der Waals surface area contributed by atoms with Crippen LogP contribution in [0.15, 0.2) is 36.5 Å². The lowest BCUT2D eigenvalue weighted by Gasteiger charge is -2.31. The number of carbonyl (C=O) groups is 1. The number of rotatable bonds is 3. The average Bonchev–Trinajstić information content (AvgIpc) is 3.05. The van der Waals surface area contributed by atoms with Crippen molar-refractivity contribution < 1.29 is 9.18 Å². The Kier molecular flexibility index (Phi) is 4.20. The van der Waals surface area contributed by atoms with Crippen LogP contribution in [0.3, 0.4) is 0 Å². The molecule has 1 amide bonds. The Bertz CT molecular complexity index is 646. The molecule has 2 heterocycles. The topological polar surface area (TPSA) is 50.2 Å². The fraction of sp³-hybridized carbons (Fsp3) is 0.375. The second-order valence-electron chi connectivity index (χ2n) is 5.52.